The summed E-state index contributed by atoms with van der Waals surface area (Å²) < 4.78 is 76.2. The molecule has 2 aromatic carbocycles. The number of carbonyl (C=O) groups excluding carboxylic acids is 1. The summed E-state index contributed by atoms with van der Waals surface area (Å²) in [6.45, 7) is 0. The molecule has 1 nitrogen and oxygen atoms in total. The summed E-state index contributed by atoms with van der Waals surface area (Å²) >= 11 is 0. The predicted octanol–water partition coefficient (Wildman–Crippen LogP) is 7.91. The lowest BCUT2D eigenvalue weighted by atomic mass is 9.92. The van der Waals surface area contributed by atoms with E-state index in [2.05, 4.69) is 0 Å². The lowest BCUT2D eigenvalue weighted by molar-refractivity contribution is -0.139. The Morgan fingerprint density at radius 1 is 0.645 bits per heavy atom. The monoisotopic (exact) mass is 442 g/mol. The average molecular weight is 442 g/mol. The zero-order chi connectivity index (χ0) is 22.6. The number of rotatable bonds is 2. The van der Waals surface area contributed by atoms with Gasteiger partial charge in [0.15, 0.2) is 0 Å². The maximum atomic E-state index is 12.7. The summed E-state index contributed by atoms with van der Waals surface area (Å²) in [6, 6.07) is 11.5. The van der Waals surface area contributed by atoms with Gasteiger partial charge in [0.25, 0.3) is 0 Å². The van der Waals surface area contributed by atoms with Crippen molar-refractivity contribution in [3.8, 4) is 0 Å². The van der Waals surface area contributed by atoms with E-state index >= 15 is 0 Å². The highest BCUT2D eigenvalue weighted by Gasteiger charge is 2.37. The molecule has 0 N–H and O–H groups in total. The van der Waals surface area contributed by atoms with Crippen molar-refractivity contribution in [2.45, 2.75) is 69.1 Å². The second kappa shape index (κ2) is 9.45. The second-order valence-electron chi connectivity index (χ2n) is 8.13. The van der Waals surface area contributed by atoms with Gasteiger partial charge in [0.05, 0.1) is 11.1 Å². The zero-order valence-corrected chi connectivity index (χ0v) is 16.9. The van der Waals surface area contributed by atoms with E-state index in [-0.39, 0.29) is 29.6 Å². The van der Waals surface area contributed by atoms with Crippen molar-refractivity contribution < 1.29 is 31.1 Å². The highest BCUT2D eigenvalue weighted by molar-refractivity contribution is 5.81. The number of ketones is 1. The van der Waals surface area contributed by atoms with Crippen molar-refractivity contribution in [1.82, 2.24) is 0 Å². The van der Waals surface area contributed by atoms with Gasteiger partial charge in [0.1, 0.15) is 5.78 Å². The van der Waals surface area contributed by atoms with Crippen molar-refractivity contribution in [3.63, 3.8) is 0 Å². The molecule has 0 spiro atoms. The molecule has 0 aromatic heterocycles. The van der Waals surface area contributed by atoms with Gasteiger partial charge in [-0.05, 0) is 54.4 Å². The third-order valence-electron chi connectivity index (χ3n) is 6.01. The van der Waals surface area contributed by atoms with Crippen LogP contribution in [0.1, 0.15) is 79.0 Å². The van der Waals surface area contributed by atoms with Crippen molar-refractivity contribution in [3.05, 3.63) is 70.8 Å². The number of hydrogen-bond acceptors (Lipinski definition) is 1. The quantitative estimate of drug-likeness (QED) is 0.432. The van der Waals surface area contributed by atoms with E-state index in [0.29, 0.717) is 18.4 Å². The first kappa shape index (κ1) is 23.4. The van der Waals surface area contributed by atoms with Crippen LogP contribution in [0.4, 0.5) is 26.3 Å². The van der Waals surface area contributed by atoms with Crippen LogP contribution < -0.4 is 0 Å². The fourth-order valence-electron chi connectivity index (χ4n) is 4.54. The van der Waals surface area contributed by atoms with Gasteiger partial charge in [0.2, 0.25) is 0 Å². The summed E-state index contributed by atoms with van der Waals surface area (Å²) in [7, 11) is 0. The van der Waals surface area contributed by atoms with E-state index < -0.39 is 23.5 Å². The molecular formula is C24H24F6O. The number of hydrogen-bond donors (Lipinski definition) is 0. The van der Waals surface area contributed by atoms with Gasteiger partial charge in [-0.3, -0.25) is 4.79 Å². The van der Waals surface area contributed by atoms with Crippen LogP contribution in [-0.2, 0) is 17.1 Å². The topological polar surface area (TPSA) is 17.1 Å². The van der Waals surface area contributed by atoms with Crippen molar-refractivity contribution in [2.75, 3.05) is 0 Å². The Morgan fingerprint density at radius 3 is 1.52 bits per heavy atom. The maximum absolute atomic E-state index is 12.7. The molecule has 2 fully saturated rings. The Labute approximate surface area is 177 Å². The van der Waals surface area contributed by atoms with E-state index in [4.69, 9.17) is 0 Å². The fraction of sp³-hybridized carbons (Fsp3) is 0.458. The van der Waals surface area contributed by atoms with Gasteiger partial charge >= 0.3 is 12.4 Å². The number of carbonyl (C=O) groups is 1. The minimum absolute atomic E-state index is 0.0574. The molecule has 31 heavy (non-hydrogen) atoms. The molecule has 0 bridgehead atoms. The first-order chi connectivity index (χ1) is 14.6. The van der Waals surface area contributed by atoms with Crippen molar-refractivity contribution in [2.24, 2.45) is 0 Å². The summed E-state index contributed by atoms with van der Waals surface area (Å²) in [5.74, 6) is -0.0878. The predicted molar refractivity (Wildman–Crippen MR) is 106 cm³/mol. The van der Waals surface area contributed by atoms with Crippen LogP contribution in [0.2, 0.25) is 0 Å². The summed E-state index contributed by atoms with van der Waals surface area (Å²) in [5.41, 5.74) is -0.296. The molecule has 0 saturated heterocycles. The minimum atomic E-state index is -4.33. The van der Waals surface area contributed by atoms with E-state index in [1.54, 1.807) is 18.2 Å². The SMILES string of the molecule is FC(F)(F)c1ccccc1C1CCCC1.O=C1CC[C@H](c2ccccc2C(F)(F)F)C1. The Morgan fingerprint density at radius 2 is 1.10 bits per heavy atom. The molecule has 7 heteroatoms. The highest BCUT2D eigenvalue weighted by atomic mass is 19.4. The van der Waals surface area contributed by atoms with Gasteiger partial charge in [-0.1, -0.05) is 49.2 Å². The fourth-order valence-corrected chi connectivity index (χ4v) is 4.54. The minimum Gasteiger partial charge on any atom is -0.300 e. The molecule has 0 aliphatic heterocycles. The summed E-state index contributed by atoms with van der Waals surface area (Å²) in [5, 5.41) is 0. The molecule has 168 valence electrons. The number of Topliss-reactive ketones (excluding diaryl/α,β-unsaturated/α-hetero) is 1. The lowest BCUT2D eigenvalue weighted by Gasteiger charge is -2.17. The molecule has 0 radical (unpaired) electrons. The molecule has 2 saturated carbocycles. The molecule has 0 amide bonds. The van der Waals surface area contributed by atoms with Crippen LogP contribution in [-0.4, -0.2) is 5.78 Å². The van der Waals surface area contributed by atoms with E-state index in [9.17, 15) is 31.1 Å². The highest BCUT2D eigenvalue weighted by Crippen LogP contribution is 2.42. The van der Waals surface area contributed by atoms with Gasteiger partial charge in [-0.2, -0.15) is 26.3 Å². The van der Waals surface area contributed by atoms with Crippen LogP contribution in [0, 0.1) is 0 Å². The van der Waals surface area contributed by atoms with E-state index in [1.165, 1.54) is 24.3 Å². The maximum Gasteiger partial charge on any atom is 0.416 e. The molecule has 2 aliphatic carbocycles. The number of benzene rings is 2. The smallest absolute Gasteiger partial charge is 0.300 e. The van der Waals surface area contributed by atoms with Crippen LogP contribution >= 0.6 is 0 Å². The standard InChI is InChI=1S/C12H11F3O.C12H13F3/c13-12(14,15)11-4-2-1-3-10(11)8-5-6-9(16)7-8;13-12(14,15)11-8-4-3-7-10(11)9-5-1-2-6-9/h1-4,8H,5-7H2;3-4,7-9H,1-2,5-6H2/t8-;/m0./s1. The van der Waals surface area contributed by atoms with Crippen LogP contribution in [0.25, 0.3) is 0 Å². The lowest BCUT2D eigenvalue weighted by Crippen LogP contribution is -2.11. The van der Waals surface area contributed by atoms with Gasteiger partial charge in [0, 0.05) is 12.8 Å². The first-order valence-corrected chi connectivity index (χ1v) is 10.4. The second-order valence-corrected chi connectivity index (χ2v) is 8.13. The van der Waals surface area contributed by atoms with Crippen LogP contribution in [0.15, 0.2) is 48.5 Å². The van der Waals surface area contributed by atoms with Gasteiger partial charge in [-0.15, -0.1) is 0 Å². The molecule has 1 atom stereocenters. The molecule has 0 unspecified atom stereocenters. The molecule has 2 aromatic rings. The zero-order valence-electron chi connectivity index (χ0n) is 16.9. The Balaban J connectivity index is 0.000000176. The van der Waals surface area contributed by atoms with Gasteiger partial charge < -0.3 is 0 Å². The van der Waals surface area contributed by atoms with E-state index in [1.807, 2.05) is 0 Å². The largest absolute Gasteiger partial charge is 0.416 e. The number of alkyl halides is 6. The third-order valence-corrected chi connectivity index (χ3v) is 6.01. The number of halogens is 6. The van der Waals surface area contributed by atoms with Crippen LogP contribution in [0.3, 0.4) is 0 Å². The Bertz CT molecular complexity index is 893. The van der Waals surface area contributed by atoms with Crippen molar-refractivity contribution in [1.29, 1.82) is 0 Å². The van der Waals surface area contributed by atoms with E-state index in [0.717, 1.165) is 31.7 Å². The molecular weight excluding hydrogens is 418 g/mol. The van der Waals surface area contributed by atoms with Crippen molar-refractivity contribution >= 4 is 5.78 Å². The molecule has 2 aliphatic rings. The third kappa shape index (κ3) is 5.89. The average Bonchev–Trinajstić information content (AvgIpc) is 3.39. The van der Waals surface area contributed by atoms with Crippen LogP contribution in [0.5, 0.6) is 0 Å². The Hall–Kier alpha value is -2.31. The summed E-state index contributed by atoms with van der Waals surface area (Å²) in [6.07, 6.45) is -3.47. The normalized spacial score (nSPS) is 19.9. The molecule has 4 rings (SSSR count). The molecule has 0 heterocycles. The van der Waals surface area contributed by atoms with Gasteiger partial charge in [-0.25, -0.2) is 0 Å². The summed E-state index contributed by atoms with van der Waals surface area (Å²) in [4.78, 5) is 11.1. The first-order valence-electron chi connectivity index (χ1n) is 10.4. The Kier molecular flexibility index (Phi) is 7.12.